The molecule has 2 rings (SSSR count). The van der Waals surface area contributed by atoms with Gasteiger partial charge in [-0.05, 0) is 24.6 Å². The van der Waals surface area contributed by atoms with Crippen molar-refractivity contribution in [3.05, 3.63) is 42.7 Å². The Kier molecular flexibility index (Phi) is 7.48. The summed E-state index contributed by atoms with van der Waals surface area (Å²) in [6.45, 7) is 3.11. The number of urea groups is 1. The highest BCUT2D eigenvalue weighted by atomic mass is 16.5. The molecule has 1 aromatic heterocycles. The second kappa shape index (κ2) is 10.1. The summed E-state index contributed by atoms with van der Waals surface area (Å²) < 4.78 is 7.47. The van der Waals surface area contributed by atoms with Crippen LogP contribution >= 0.6 is 0 Å². The third-order valence-corrected chi connectivity index (χ3v) is 3.73. The van der Waals surface area contributed by atoms with Crippen molar-refractivity contribution in [3.8, 4) is 5.75 Å². The number of benzene rings is 1. The summed E-state index contributed by atoms with van der Waals surface area (Å²) in [6, 6.07) is 7.59. The normalized spacial score (nSPS) is 11.6. The zero-order chi connectivity index (χ0) is 18.8. The van der Waals surface area contributed by atoms with Gasteiger partial charge in [-0.2, -0.15) is 5.10 Å². The van der Waals surface area contributed by atoms with Gasteiger partial charge in [0.05, 0.1) is 6.54 Å². The van der Waals surface area contributed by atoms with Crippen LogP contribution < -0.4 is 21.1 Å². The number of amides is 3. The summed E-state index contributed by atoms with van der Waals surface area (Å²) in [5, 5.41) is 9.39. The number of unbranched alkanes of at least 4 members (excludes halogenated alkanes) is 1. The Morgan fingerprint density at radius 2 is 2.19 bits per heavy atom. The molecule has 0 radical (unpaired) electrons. The molecule has 0 aliphatic heterocycles. The van der Waals surface area contributed by atoms with Gasteiger partial charge in [-0.1, -0.05) is 25.8 Å². The molecule has 26 heavy (non-hydrogen) atoms. The van der Waals surface area contributed by atoms with Crippen molar-refractivity contribution in [3.63, 3.8) is 0 Å². The highest BCUT2D eigenvalue weighted by Gasteiger charge is 2.19. The van der Waals surface area contributed by atoms with Gasteiger partial charge in [0.15, 0.2) is 0 Å². The number of hydrogen-bond acceptors (Lipinski definition) is 4. The van der Waals surface area contributed by atoms with Crippen molar-refractivity contribution in [1.82, 2.24) is 15.1 Å². The van der Waals surface area contributed by atoms with Gasteiger partial charge in [0.1, 0.15) is 18.4 Å². The average molecular weight is 359 g/mol. The first-order valence-corrected chi connectivity index (χ1v) is 8.65. The number of carbonyl (C=O) groups excluding carboxylic acids is 2. The molecule has 1 atom stereocenters. The fraction of sp³-hybridized carbons (Fsp3) is 0.389. The molecule has 140 valence electrons. The number of carbonyl (C=O) groups is 2. The minimum Gasteiger partial charge on any atom is -0.492 e. The lowest BCUT2D eigenvalue weighted by molar-refractivity contribution is -0.118. The van der Waals surface area contributed by atoms with E-state index in [4.69, 9.17) is 10.5 Å². The first-order valence-electron chi connectivity index (χ1n) is 8.65. The van der Waals surface area contributed by atoms with Gasteiger partial charge in [0.25, 0.3) is 0 Å². The van der Waals surface area contributed by atoms with Gasteiger partial charge in [-0.15, -0.1) is 0 Å². The van der Waals surface area contributed by atoms with Crippen LogP contribution in [0.1, 0.15) is 26.2 Å². The van der Waals surface area contributed by atoms with Crippen molar-refractivity contribution in [1.29, 1.82) is 0 Å². The summed E-state index contributed by atoms with van der Waals surface area (Å²) >= 11 is 0. The molecule has 8 nitrogen and oxygen atoms in total. The monoisotopic (exact) mass is 359 g/mol. The Morgan fingerprint density at radius 3 is 2.88 bits per heavy atom. The van der Waals surface area contributed by atoms with E-state index in [0.717, 1.165) is 12.8 Å². The van der Waals surface area contributed by atoms with Crippen LogP contribution in [0.2, 0.25) is 0 Å². The maximum atomic E-state index is 12.4. The molecule has 0 bridgehead atoms. The first kappa shape index (κ1) is 19.3. The summed E-state index contributed by atoms with van der Waals surface area (Å²) in [7, 11) is 0. The van der Waals surface area contributed by atoms with Crippen LogP contribution in [0.3, 0.4) is 0 Å². The molecule has 1 unspecified atom stereocenters. The number of nitrogens with zero attached hydrogens (tertiary/aromatic N) is 2. The van der Waals surface area contributed by atoms with Crippen molar-refractivity contribution in [2.45, 2.75) is 38.8 Å². The van der Waals surface area contributed by atoms with Gasteiger partial charge < -0.3 is 21.1 Å². The minimum atomic E-state index is -0.711. The summed E-state index contributed by atoms with van der Waals surface area (Å²) in [4.78, 5) is 23.5. The van der Waals surface area contributed by atoms with Crippen molar-refractivity contribution >= 4 is 17.6 Å². The van der Waals surface area contributed by atoms with Gasteiger partial charge in [-0.3, -0.25) is 9.48 Å². The third kappa shape index (κ3) is 6.46. The number of ether oxygens (including phenoxy) is 1. The van der Waals surface area contributed by atoms with E-state index in [1.165, 1.54) is 0 Å². The van der Waals surface area contributed by atoms with Gasteiger partial charge in [0.2, 0.25) is 5.91 Å². The lowest BCUT2D eigenvalue weighted by atomic mass is 10.1. The first-order chi connectivity index (χ1) is 12.6. The maximum Gasteiger partial charge on any atom is 0.312 e. The van der Waals surface area contributed by atoms with Gasteiger partial charge in [-0.25, -0.2) is 4.79 Å². The molecule has 1 aromatic carbocycles. The molecule has 0 saturated heterocycles. The van der Waals surface area contributed by atoms with Crippen LogP contribution in [-0.4, -0.2) is 34.4 Å². The molecule has 3 amide bonds. The van der Waals surface area contributed by atoms with Crippen LogP contribution in [0, 0.1) is 0 Å². The van der Waals surface area contributed by atoms with Crippen molar-refractivity contribution in [2.24, 2.45) is 5.73 Å². The van der Waals surface area contributed by atoms with Crippen LogP contribution in [0.5, 0.6) is 5.75 Å². The number of primary amides is 1. The van der Waals surface area contributed by atoms with E-state index in [2.05, 4.69) is 15.7 Å². The number of nitrogens with two attached hydrogens (primary N) is 1. The lowest BCUT2D eigenvalue weighted by Crippen LogP contribution is -2.46. The molecule has 0 aliphatic rings. The molecule has 2 aromatic rings. The molecule has 4 N–H and O–H groups in total. The summed E-state index contributed by atoms with van der Waals surface area (Å²) in [5.41, 5.74) is 5.75. The molecule has 8 heteroatoms. The van der Waals surface area contributed by atoms with Crippen LogP contribution in [0.4, 0.5) is 10.5 Å². The Bertz CT molecular complexity index is 703. The molecular weight excluding hydrogens is 334 g/mol. The number of aromatic nitrogens is 2. The third-order valence-electron chi connectivity index (χ3n) is 3.73. The summed E-state index contributed by atoms with van der Waals surface area (Å²) in [6.07, 6.45) is 5.84. The second-order valence-electron chi connectivity index (χ2n) is 5.84. The topological polar surface area (TPSA) is 111 Å². The zero-order valence-corrected chi connectivity index (χ0v) is 14.9. The Morgan fingerprint density at radius 1 is 1.35 bits per heavy atom. The lowest BCUT2D eigenvalue weighted by Gasteiger charge is -2.17. The zero-order valence-electron chi connectivity index (χ0n) is 14.9. The fourth-order valence-corrected chi connectivity index (χ4v) is 2.43. The predicted octanol–water partition coefficient (Wildman–Crippen LogP) is 2.13. The second-order valence-corrected chi connectivity index (χ2v) is 5.84. The Balaban J connectivity index is 1.90. The minimum absolute atomic E-state index is 0.300. The van der Waals surface area contributed by atoms with Gasteiger partial charge in [0, 0.05) is 24.1 Å². The number of rotatable bonds is 10. The highest BCUT2D eigenvalue weighted by Crippen LogP contribution is 2.18. The largest absolute Gasteiger partial charge is 0.492 e. The molecule has 0 aliphatic carbocycles. The molecule has 1 heterocycles. The number of anilines is 1. The Hall–Kier alpha value is -3.03. The maximum absolute atomic E-state index is 12.4. The average Bonchev–Trinajstić information content (AvgIpc) is 3.12. The van der Waals surface area contributed by atoms with E-state index < -0.39 is 12.1 Å². The SMILES string of the molecule is CCCCC(NC(N)=O)C(=O)Nc1cccc(OCCn2cccn2)c1. The van der Waals surface area contributed by atoms with E-state index in [1.807, 2.05) is 25.3 Å². The highest BCUT2D eigenvalue weighted by molar-refractivity contribution is 5.96. The fourth-order valence-electron chi connectivity index (χ4n) is 2.43. The van der Waals surface area contributed by atoms with E-state index >= 15 is 0 Å². The summed E-state index contributed by atoms with van der Waals surface area (Å²) in [5.74, 6) is 0.342. The van der Waals surface area contributed by atoms with Crippen LogP contribution in [0.25, 0.3) is 0 Å². The number of nitrogens with one attached hydrogen (secondary N) is 2. The molecule has 0 fully saturated rings. The van der Waals surface area contributed by atoms with E-state index in [1.54, 1.807) is 29.1 Å². The van der Waals surface area contributed by atoms with E-state index in [9.17, 15) is 9.59 Å². The van der Waals surface area contributed by atoms with Crippen LogP contribution in [-0.2, 0) is 11.3 Å². The van der Waals surface area contributed by atoms with Crippen molar-refractivity contribution in [2.75, 3.05) is 11.9 Å². The standard InChI is InChI=1S/C18H25N5O3/c1-2-3-8-16(22-18(19)25)17(24)21-14-6-4-7-15(13-14)26-12-11-23-10-5-9-20-23/h4-7,9-10,13,16H,2-3,8,11-12H2,1H3,(H,21,24)(H3,19,22,25). The van der Waals surface area contributed by atoms with E-state index in [0.29, 0.717) is 31.0 Å². The quantitative estimate of drug-likeness (QED) is 0.603. The number of hydrogen-bond donors (Lipinski definition) is 3. The molecule has 0 saturated carbocycles. The van der Waals surface area contributed by atoms with Gasteiger partial charge >= 0.3 is 6.03 Å². The van der Waals surface area contributed by atoms with E-state index in [-0.39, 0.29) is 5.91 Å². The van der Waals surface area contributed by atoms with Crippen molar-refractivity contribution < 1.29 is 14.3 Å². The molecular formula is C18H25N5O3. The Labute approximate surface area is 152 Å². The van der Waals surface area contributed by atoms with Crippen LogP contribution in [0.15, 0.2) is 42.7 Å². The predicted molar refractivity (Wildman–Crippen MR) is 98.8 cm³/mol. The molecule has 0 spiro atoms. The smallest absolute Gasteiger partial charge is 0.312 e.